The molecule has 0 atom stereocenters. The second-order valence-electron chi connectivity index (χ2n) is 5.76. The van der Waals surface area contributed by atoms with Crippen LogP contribution in [0, 0.1) is 0 Å². The molecule has 0 saturated heterocycles. The smallest absolute Gasteiger partial charge is 0.305 e. The van der Waals surface area contributed by atoms with E-state index in [1.807, 2.05) is 6.07 Å². The van der Waals surface area contributed by atoms with Crippen molar-refractivity contribution in [1.29, 1.82) is 0 Å². The SMILES string of the molecule is CCN(CC)Cc1ccc(C(=O)NNC(=O)Cc2cccc(OC)c2)o1. The highest BCUT2D eigenvalue weighted by atomic mass is 16.5. The molecule has 0 fully saturated rings. The van der Waals surface area contributed by atoms with Crippen molar-refractivity contribution in [3.8, 4) is 5.75 Å². The van der Waals surface area contributed by atoms with Gasteiger partial charge in [-0.05, 0) is 42.9 Å². The first-order valence-corrected chi connectivity index (χ1v) is 8.58. The second-order valence-corrected chi connectivity index (χ2v) is 5.76. The van der Waals surface area contributed by atoms with Gasteiger partial charge in [-0.1, -0.05) is 26.0 Å². The summed E-state index contributed by atoms with van der Waals surface area (Å²) >= 11 is 0. The summed E-state index contributed by atoms with van der Waals surface area (Å²) in [6, 6.07) is 10.6. The number of nitrogens with zero attached hydrogens (tertiary/aromatic N) is 1. The average Bonchev–Trinajstić information content (AvgIpc) is 3.13. The Bertz CT molecular complexity index is 738. The maximum Gasteiger partial charge on any atom is 0.305 e. The molecule has 0 aliphatic heterocycles. The number of benzene rings is 1. The average molecular weight is 359 g/mol. The Kier molecular flexibility index (Phi) is 7.23. The molecule has 7 nitrogen and oxygen atoms in total. The predicted octanol–water partition coefficient (Wildman–Crippen LogP) is 2.13. The Balaban J connectivity index is 1.84. The minimum Gasteiger partial charge on any atom is -0.497 e. The van der Waals surface area contributed by atoms with Gasteiger partial charge in [0.1, 0.15) is 11.5 Å². The van der Waals surface area contributed by atoms with Crippen LogP contribution in [0.2, 0.25) is 0 Å². The number of amides is 2. The second kappa shape index (κ2) is 9.62. The quantitative estimate of drug-likeness (QED) is 0.706. The number of methoxy groups -OCH3 is 1. The van der Waals surface area contributed by atoms with Gasteiger partial charge in [0.05, 0.1) is 20.1 Å². The fourth-order valence-corrected chi connectivity index (χ4v) is 2.45. The van der Waals surface area contributed by atoms with Crippen LogP contribution in [0.25, 0.3) is 0 Å². The van der Waals surface area contributed by atoms with E-state index in [1.54, 1.807) is 37.4 Å². The summed E-state index contributed by atoms with van der Waals surface area (Å²) in [5.41, 5.74) is 5.54. The number of ether oxygens (including phenoxy) is 1. The highest BCUT2D eigenvalue weighted by Crippen LogP contribution is 2.13. The molecular weight excluding hydrogens is 334 g/mol. The Morgan fingerprint density at radius 3 is 2.58 bits per heavy atom. The normalized spacial score (nSPS) is 10.6. The molecule has 7 heteroatoms. The van der Waals surface area contributed by atoms with Crippen LogP contribution in [0.3, 0.4) is 0 Å². The van der Waals surface area contributed by atoms with E-state index < -0.39 is 5.91 Å². The van der Waals surface area contributed by atoms with Gasteiger partial charge < -0.3 is 9.15 Å². The van der Waals surface area contributed by atoms with Crippen LogP contribution in [0.15, 0.2) is 40.8 Å². The number of carbonyl (C=O) groups excluding carboxylic acids is 2. The molecule has 1 heterocycles. The van der Waals surface area contributed by atoms with Crippen molar-refractivity contribution in [2.75, 3.05) is 20.2 Å². The fraction of sp³-hybridized carbons (Fsp3) is 0.368. The first kappa shape index (κ1) is 19.5. The van der Waals surface area contributed by atoms with Crippen molar-refractivity contribution in [2.45, 2.75) is 26.8 Å². The molecule has 1 aromatic carbocycles. The van der Waals surface area contributed by atoms with Gasteiger partial charge in [0.25, 0.3) is 0 Å². The zero-order valence-electron chi connectivity index (χ0n) is 15.4. The molecule has 0 aliphatic rings. The summed E-state index contributed by atoms with van der Waals surface area (Å²) in [4.78, 5) is 26.2. The van der Waals surface area contributed by atoms with Crippen molar-refractivity contribution < 1.29 is 18.7 Å². The highest BCUT2D eigenvalue weighted by Gasteiger charge is 2.13. The minimum atomic E-state index is -0.491. The van der Waals surface area contributed by atoms with Crippen molar-refractivity contribution >= 4 is 11.8 Å². The van der Waals surface area contributed by atoms with Gasteiger partial charge in [-0.3, -0.25) is 25.3 Å². The molecule has 0 aliphatic carbocycles. The first-order chi connectivity index (χ1) is 12.5. The van der Waals surface area contributed by atoms with Crippen LogP contribution >= 0.6 is 0 Å². The Morgan fingerprint density at radius 1 is 1.12 bits per heavy atom. The fourth-order valence-electron chi connectivity index (χ4n) is 2.45. The van der Waals surface area contributed by atoms with Crippen LogP contribution in [0.4, 0.5) is 0 Å². The van der Waals surface area contributed by atoms with E-state index in [0.29, 0.717) is 18.1 Å². The number of nitrogens with one attached hydrogen (secondary N) is 2. The number of hydrogen-bond acceptors (Lipinski definition) is 5. The van der Waals surface area contributed by atoms with Gasteiger partial charge in [0.2, 0.25) is 5.91 Å². The minimum absolute atomic E-state index is 0.128. The Hall–Kier alpha value is -2.80. The maximum atomic E-state index is 12.1. The molecule has 140 valence electrons. The first-order valence-electron chi connectivity index (χ1n) is 8.58. The van der Waals surface area contributed by atoms with E-state index in [2.05, 4.69) is 29.6 Å². The lowest BCUT2D eigenvalue weighted by Crippen LogP contribution is -2.42. The van der Waals surface area contributed by atoms with Gasteiger partial charge in [-0.2, -0.15) is 0 Å². The van der Waals surface area contributed by atoms with Crippen LogP contribution in [0.1, 0.15) is 35.7 Å². The van der Waals surface area contributed by atoms with Gasteiger partial charge in [0, 0.05) is 0 Å². The molecule has 0 saturated carbocycles. The number of hydrazine groups is 1. The number of hydrogen-bond donors (Lipinski definition) is 2. The maximum absolute atomic E-state index is 12.1. The lowest BCUT2D eigenvalue weighted by Gasteiger charge is -2.15. The number of carbonyl (C=O) groups is 2. The van der Waals surface area contributed by atoms with Crippen molar-refractivity contribution in [1.82, 2.24) is 15.8 Å². The molecule has 2 aromatic rings. The van der Waals surface area contributed by atoms with Crippen LogP contribution in [-0.4, -0.2) is 36.9 Å². The molecule has 2 amide bonds. The molecule has 2 N–H and O–H groups in total. The van der Waals surface area contributed by atoms with Crippen molar-refractivity contribution in [2.24, 2.45) is 0 Å². The molecule has 0 bridgehead atoms. The van der Waals surface area contributed by atoms with Crippen molar-refractivity contribution in [3.63, 3.8) is 0 Å². The Labute approximate surface area is 153 Å². The monoisotopic (exact) mass is 359 g/mol. The summed E-state index contributed by atoms with van der Waals surface area (Å²) < 4.78 is 10.7. The van der Waals surface area contributed by atoms with Gasteiger partial charge in [-0.15, -0.1) is 0 Å². The molecule has 0 radical (unpaired) electrons. The molecule has 2 rings (SSSR count). The molecule has 0 spiro atoms. The summed E-state index contributed by atoms with van der Waals surface area (Å²) in [5.74, 6) is 0.724. The largest absolute Gasteiger partial charge is 0.497 e. The third-order valence-electron chi connectivity index (χ3n) is 3.97. The van der Waals surface area contributed by atoms with E-state index in [4.69, 9.17) is 9.15 Å². The van der Waals surface area contributed by atoms with E-state index in [-0.39, 0.29) is 18.1 Å². The van der Waals surface area contributed by atoms with Gasteiger partial charge in [-0.25, -0.2) is 0 Å². The van der Waals surface area contributed by atoms with Gasteiger partial charge >= 0.3 is 5.91 Å². The summed E-state index contributed by atoms with van der Waals surface area (Å²) in [5, 5.41) is 0. The third kappa shape index (κ3) is 5.63. The van der Waals surface area contributed by atoms with E-state index in [9.17, 15) is 9.59 Å². The van der Waals surface area contributed by atoms with Gasteiger partial charge in [0.15, 0.2) is 5.76 Å². The topological polar surface area (TPSA) is 83.8 Å². The van der Waals surface area contributed by atoms with Crippen LogP contribution in [0.5, 0.6) is 5.75 Å². The predicted molar refractivity (Wildman–Crippen MR) is 97.6 cm³/mol. The van der Waals surface area contributed by atoms with Crippen LogP contribution < -0.4 is 15.6 Å². The lowest BCUT2D eigenvalue weighted by molar-refractivity contribution is -0.121. The zero-order valence-corrected chi connectivity index (χ0v) is 15.4. The van der Waals surface area contributed by atoms with E-state index >= 15 is 0 Å². The number of furan rings is 1. The van der Waals surface area contributed by atoms with Crippen molar-refractivity contribution in [3.05, 3.63) is 53.5 Å². The summed E-state index contributed by atoms with van der Waals surface area (Å²) in [6.07, 6.45) is 0.128. The molecule has 0 unspecified atom stereocenters. The summed E-state index contributed by atoms with van der Waals surface area (Å²) in [6.45, 7) is 6.58. The standard InChI is InChI=1S/C19H25N3O4/c1-4-22(5-2)13-16-9-10-17(26-16)19(24)21-20-18(23)12-14-7-6-8-15(11-14)25-3/h6-11H,4-5,12-13H2,1-3H3,(H,20,23)(H,21,24). The molecular formula is C19H25N3O4. The molecule has 1 aromatic heterocycles. The number of rotatable bonds is 8. The third-order valence-corrected chi connectivity index (χ3v) is 3.97. The van der Waals surface area contributed by atoms with E-state index in [0.717, 1.165) is 18.7 Å². The molecule has 26 heavy (non-hydrogen) atoms. The Morgan fingerprint density at radius 2 is 1.88 bits per heavy atom. The summed E-state index contributed by atoms with van der Waals surface area (Å²) in [7, 11) is 1.57. The zero-order chi connectivity index (χ0) is 18.9. The lowest BCUT2D eigenvalue weighted by atomic mass is 10.1. The van der Waals surface area contributed by atoms with E-state index in [1.165, 1.54) is 0 Å². The van der Waals surface area contributed by atoms with Crippen LogP contribution in [-0.2, 0) is 17.8 Å². The highest BCUT2D eigenvalue weighted by molar-refractivity contribution is 5.93.